The van der Waals surface area contributed by atoms with Crippen molar-refractivity contribution in [3.05, 3.63) is 54.1 Å². The molecule has 2 aromatic rings. The molecular formula is C18H21N. The zero-order chi connectivity index (χ0) is 13.1. The van der Waals surface area contributed by atoms with Crippen molar-refractivity contribution < 1.29 is 0 Å². The number of nitrogens with two attached hydrogens (primary N) is 1. The molecule has 1 nitrogen and oxygen atoms in total. The average Bonchev–Trinajstić information content (AvgIpc) is 2.49. The molecule has 0 saturated heterocycles. The molecule has 0 spiro atoms. The summed E-state index contributed by atoms with van der Waals surface area (Å²) in [5.74, 6) is 0.723. The van der Waals surface area contributed by atoms with Crippen molar-refractivity contribution >= 4 is 5.69 Å². The van der Waals surface area contributed by atoms with Gasteiger partial charge in [-0.25, -0.2) is 0 Å². The number of rotatable bonds is 2. The smallest absolute Gasteiger partial charge is 0.0396 e. The van der Waals surface area contributed by atoms with Crippen LogP contribution < -0.4 is 5.73 Å². The molecule has 98 valence electrons. The summed E-state index contributed by atoms with van der Waals surface area (Å²) < 4.78 is 0. The largest absolute Gasteiger partial charge is 0.398 e. The van der Waals surface area contributed by atoms with E-state index in [1.165, 1.54) is 43.2 Å². The highest BCUT2D eigenvalue weighted by Gasteiger charge is 2.16. The number of hydrogen-bond acceptors (Lipinski definition) is 1. The van der Waals surface area contributed by atoms with Crippen molar-refractivity contribution in [2.45, 2.75) is 38.0 Å². The second kappa shape index (κ2) is 5.48. The summed E-state index contributed by atoms with van der Waals surface area (Å²) in [6.45, 7) is 0. The molecule has 2 N–H and O–H groups in total. The van der Waals surface area contributed by atoms with Gasteiger partial charge in [0.05, 0.1) is 0 Å². The monoisotopic (exact) mass is 251 g/mol. The molecule has 0 bridgehead atoms. The highest BCUT2D eigenvalue weighted by molar-refractivity contribution is 5.76. The van der Waals surface area contributed by atoms with Gasteiger partial charge in [0, 0.05) is 11.3 Å². The SMILES string of the molecule is Nc1cc(C2CCCCC2)ccc1-c1ccccc1. The van der Waals surface area contributed by atoms with Crippen molar-refractivity contribution in [2.24, 2.45) is 0 Å². The van der Waals surface area contributed by atoms with Gasteiger partial charge in [-0.15, -0.1) is 0 Å². The summed E-state index contributed by atoms with van der Waals surface area (Å²) in [6.07, 6.45) is 6.78. The molecule has 0 atom stereocenters. The molecule has 19 heavy (non-hydrogen) atoms. The van der Waals surface area contributed by atoms with E-state index in [0.717, 1.165) is 17.2 Å². The Labute approximate surface area is 115 Å². The van der Waals surface area contributed by atoms with Gasteiger partial charge < -0.3 is 5.73 Å². The fourth-order valence-corrected chi connectivity index (χ4v) is 3.15. The van der Waals surface area contributed by atoms with E-state index < -0.39 is 0 Å². The van der Waals surface area contributed by atoms with E-state index in [4.69, 9.17) is 5.73 Å². The van der Waals surface area contributed by atoms with E-state index in [9.17, 15) is 0 Å². The molecule has 0 aromatic heterocycles. The van der Waals surface area contributed by atoms with Crippen LogP contribution in [0.25, 0.3) is 11.1 Å². The second-order valence-electron chi connectivity index (χ2n) is 5.55. The first-order valence-electron chi connectivity index (χ1n) is 7.29. The van der Waals surface area contributed by atoms with Crippen LogP contribution in [-0.2, 0) is 0 Å². The van der Waals surface area contributed by atoms with E-state index in [0.29, 0.717) is 0 Å². The zero-order valence-corrected chi connectivity index (χ0v) is 11.3. The lowest BCUT2D eigenvalue weighted by atomic mass is 9.83. The molecule has 0 amide bonds. The van der Waals surface area contributed by atoms with Gasteiger partial charge >= 0.3 is 0 Å². The van der Waals surface area contributed by atoms with Gasteiger partial charge in [-0.05, 0) is 36.0 Å². The lowest BCUT2D eigenvalue weighted by molar-refractivity contribution is 0.444. The van der Waals surface area contributed by atoms with E-state index in [-0.39, 0.29) is 0 Å². The Morgan fingerprint density at radius 1 is 0.842 bits per heavy atom. The highest BCUT2D eigenvalue weighted by Crippen LogP contribution is 2.35. The number of hydrogen-bond donors (Lipinski definition) is 1. The molecule has 0 unspecified atom stereocenters. The van der Waals surface area contributed by atoms with Crippen molar-refractivity contribution in [2.75, 3.05) is 5.73 Å². The van der Waals surface area contributed by atoms with Gasteiger partial charge in [0.15, 0.2) is 0 Å². The van der Waals surface area contributed by atoms with Crippen LogP contribution in [0.1, 0.15) is 43.6 Å². The zero-order valence-electron chi connectivity index (χ0n) is 11.3. The van der Waals surface area contributed by atoms with Gasteiger partial charge in [-0.2, -0.15) is 0 Å². The number of benzene rings is 2. The third kappa shape index (κ3) is 2.65. The van der Waals surface area contributed by atoms with Crippen LogP contribution in [-0.4, -0.2) is 0 Å². The summed E-state index contributed by atoms with van der Waals surface area (Å²) in [7, 11) is 0. The molecule has 1 fully saturated rings. The van der Waals surface area contributed by atoms with E-state index in [2.05, 4.69) is 42.5 Å². The second-order valence-corrected chi connectivity index (χ2v) is 5.55. The molecule has 1 heteroatoms. The van der Waals surface area contributed by atoms with E-state index >= 15 is 0 Å². The minimum absolute atomic E-state index is 0.723. The highest BCUT2D eigenvalue weighted by atomic mass is 14.6. The van der Waals surface area contributed by atoms with Gasteiger partial charge in [0.1, 0.15) is 0 Å². The predicted molar refractivity (Wildman–Crippen MR) is 82.1 cm³/mol. The number of anilines is 1. The first kappa shape index (κ1) is 12.3. The minimum atomic E-state index is 0.723. The first-order valence-corrected chi connectivity index (χ1v) is 7.29. The van der Waals surface area contributed by atoms with Crippen molar-refractivity contribution in [3.63, 3.8) is 0 Å². The quantitative estimate of drug-likeness (QED) is 0.748. The van der Waals surface area contributed by atoms with Gasteiger partial charge in [-0.3, -0.25) is 0 Å². The maximum Gasteiger partial charge on any atom is 0.0396 e. The van der Waals surface area contributed by atoms with Gasteiger partial charge in [0.2, 0.25) is 0 Å². The number of nitrogen functional groups attached to an aromatic ring is 1. The summed E-state index contributed by atoms with van der Waals surface area (Å²) in [4.78, 5) is 0. The lowest BCUT2D eigenvalue weighted by Gasteiger charge is -2.22. The molecule has 2 aromatic carbocycles. The fourth-order valence-electron chi connectivity index (χ4n) is 3.15. The first-order chi connectivity index (χ1) is 9.34. The summed E-state index contributed by atoms with van der Waals surface area (Å²) in [5, 5.41) is 0. The molecule has 3 rings (SSSR count). The predicted octanol–water partition coefficient (Wildman–Crippen LogP) is 4.98. The molecule has 0 heterocycles. The normalized spacial score (nSPS) is 16.4. The Balaban J connectivity index is 1.89. The molecule has 1 saturated carbocycles. The molecule has 0 radical (unpaired) electrons. The van der Waals surface area contributed by atoms with Crippen LogP contribution >= 0.6 is 0 Å². The minimum Gasteiger partial charge on any atom is -0.398 e. The third-order valence-corrected chi connectivity index (χ3v) is 4.24. The fraction of sp³-hybridized carbons (Fsp3) is 0.333. The maximum atomic E-state index is 6.26. The maximum absolute atomic E-state index is 6.26. The van der Waals surface area contributed by atoms with Crippen LogP contribution in [0.5, 0.6) is 0 Å². The van der Waals surface area contributed by atoms with Crippen LogP contribution in [0.2, 0.25) is 0 Å². The third-order valence-electron chi connectivity index (χ3n) is 4.24. The van der Waals surface area contributed by atoms with Gasteiger partial charge in [0.25, 0.3) is 0 Å². The van der Waals surface area contributed by atoms with Crippen LogP contribution in [0.4, 0.5) is 5.69 Å². The molecule has 1 aliphatic carbocycles. The van der Waals surface area contributed by atoms with Crippen LogP contribution in [0.15, 0.2) is 48.5 Å². The Bertz CT molecular complexity index is 539. The molecular weight excluding hydrogens is 230 g/mol. The summed E-state index contributed by atoms with van der Waals surface area (Å²) in [5.41, 5.74) is 11.0. The molecule has 1 aliphatic rings. The Morgan fingerprint density at radius 3 is 2.26 bits per heavy atom. The van der Waals surface area contributed by atoms with Crippen molar-refractivity contribution in [1.82, 2.24) is 0 Å². The van der Waals surface area contributed by atoms with Crippen LogP contribution in [0.3, 0.4) is 0 Å². The van der Waals surface area contributed by atoms with E-state index in [1.54, 1.807) is 0 Å². The molecule has 0 aliphatic heterocycles. The van der Waals surface area contributed by atoms with Crippen molar-refractivity contribution in [1.29, 1.82) is 0 Å². The summed E-state index contributed by atoms with van der Waals surface area (Å²) >= 11 is 0. The average molecular weight is 251 g/mol. The Kier molecular flexibility index (Phi) is 3.54. The van der Waals surface area contributed by atoms with E-state index in [1.807, 2.05) is 6.07 Å². The summed E-state index contributed by atoms with van der Waals surface area (Å²) in [6, 6.07) is 17.0. The van der Waals surface area contributed by atoms with Gasteiger partial charge in [-0.1, -0.05) is 61.7 Å². The van der Waals surface area contributed by atoms with Crippen LogP contribution in [0, 0.1) is 0 Å². The standard InChI is InChI=1S/C18H21N/c19-18-13-16(14-7-3-1-4-8-14)11-12-17(18)15-9-5-2-6-10-15/h2,5-6,9-14H,1,3-4,7-8,19H2. The Morgan fingerprint density at radius 2 is 1.58 bits per heavy atom. The van der Waals surface area contributed by atoms with Crippen molar-refractivity contribution in [3.8, 4) is 11.1 Å². The Hall–Kier alpha value is -1.76. The topological polar surface area (TPSA) is 26.0 Å². The lowest BCUT2D eigenvalue weighted by Crippen LogP contribution is -2.05.